The van der Waals surface area contributed by atoms with Crippen molar-refractivity contribution in [2.45, 2.75) is 31.1 Å². The van der Waals surface area contributed by atoms with Crippen molar-refractivity contribution in [3.63, 3.8) is 0 Å². The summed E-state index contributed by atoms with van der Waals surface area (Å²) in [5.41, 5.74) is 5.99. The number of hydrogen-bond donors (Lipinski definition) is 1. The summed E-state index contributed by atoms with van der Waals surface area (Å²) in [6.45, 7) is 0.764. The third-order valence-electron chi connectivity index (χ3n) is 3.12. The Morgan fingerprint density at radius 3 is 2.86 bits per heavy atom. The van der Waals surface area contributed by atoms with E-state index in [9.17, 15) is 0 Å². The predicted octanol–water partition coefficient (Wildman–Crippen LogP) is 1.92. The Labute approximate surface area is 88.3 Å². The van der Waals surface area contributed by atoms with Crippen molar-refractivity contribution >= 4 is 11.3 Å². The highest BCUT2D eigenvalue weighted by atomic mass is 32.1. The molecule has 2 rings (SSSR count). The molecule has 0 atom stereocenters. The molecule has 1 heterocycles. The van der Waals surface area contributed by atoms with Gasteiger partial charge in [0, 0.05) is 16.5 Å². The first kappa shape index (κ1) is 9.93. The van der Waals surface area contributed by atoms with E-state index in [0.717, 1.165) is 18.2 Å². The molecule has 0 amide bonds. The smallest absolute Gasteiger partial charge is 0.273 e. The van der Waals surface area contributed by atoms with Gasteiger partial charge in [-0.25, -0.2) is 4.98 Å². The number of nitrogens with zero attached hydrogens (tertiary/aromatic N) is 1. The molecule has 1 aromatic rings. The van der Waals surface area contributed by atoms with Crippen LogP contribution in [0.15, 0.2) is 6.20 Å². The van der Waals surface area contributed by atoms with Gasteiger partial charge in [-0.1, -0.05) is 17.8 Å². The minimum absolute atomic E-state index is 0.337. The summed E-state index contributed by atoms with van der Waals surface area (Å²) < 4.78 is 5.11. The van der Waals surface area contributed by atoms with Gasteiger partial charge < -0.3 is 10.5 Å². The highest BCUT2D eigenvalue weighted by Gasteiger charge is 2.39. The zero-order valence-electron chi connectivity index (χ0n) is 8.45. The molecular formula is C10H16N2OS. The third kappa shape index (κ3) is 1.53. The van der Waals surface area contributed by atoms with Gasteiger partial charge in [-0.3, -0.25) is 0 Å². The maximum Gasteiger partial charge on any atom is 0.273 e. The predicted molar refractivity (Wildman–Crippen MR) is 57.9 cm³/mol. The first-order chi connectivity index (χ1) is 6.80. The molecule has 0 aromatic carbocycles. The van der Waals surface area contributed by atoms with Gasteiger partial charge in [0.15, 0.2) is 0 Å². The molecule has 1 fully saturated rings. The van der Waals surface area contributed by atoms with Crippen LogP contribution in [0.5, 0.6) is 5.19 Å². The minimum Gasteiger partial charge on any atom is -0.473 e. The van der Waals surface area contributed by atoms with Crippen molar-refractivity contribution in [2.24, 2.45) is 5.73 Å². The normalized spacial score (nSPS) is 19.0. The molecule has 2 N–H and O–H groups in total. The zero-order valence-corrected chi connectivity index (χ0v) is 9.27. The number of thiazole rings is 1. The maximum atomic E-state index is 5.65. The highest BCUT2D eigenvalue weighted by molar-refractivity contribution is 7.13. The maximum absolute atomic E-state index is 5.65. The van der Waals surface area contributed by atoms with E-state index in [0.29, 0.717) is 5.41 Å². The van der Waals surface area contributed by atoms with Gasteiger partial charge in [-0.05, 0) is 25.8 Å². The van der Waals surface area contributed by atoms with Crippen LogP contribution in [0.4, 0.5) is 0 Å². The Kier molecular flexibility index (Phi) is 2.74. The molecular weight excluding hydrogens is 196 g/mol. The number of rotatable bonds is 4. The van der Waals surface area contributed by atoms with Crippen LogP contribution in [0.1, 0.15) is 30.6 Å². The molecule has 0 bridgehead atoms. The summed E-state index contributed by atoms with van der Waals surface area (Å²) in [4.78, 5) is 5.57. The fraction of sp³-hybridized carbons (Fsp3) is 0.700. The molecule has 78 valence electrons. The summed E-state index contributed by atoms with van der Waals surface area (Å²) in [6, 6.07) is 0. The topological polar surface area (TPSA) is 48.1 Å². The third-order valence-corrected chi connectivity index (χ3v) is 4.32. The van der Waals surface area contributed by atoms with Crippen molar-refractivity contribution in [1.82, 2.24) is 4.98 Å². The van der Waals surface area contributed by atoms with Crippen LogP contribution >= 0.6 is 11.3 Å². The lowest BCUT2D eigenvalue weighted by Gasteiger charge is -2.40. The summed E-state index contributed by atoms with van der Waals surface area (Å²) in [5, 5.41) is 0.767. The molecule has 1 aliphatic rings. The van der Waals surface area contributed by atoms with Crippen LogP contribution in [0.3, 0.4) is 0 Å². The van der Waals surface area contributed by atoms with E-state index in [-0.39, 0.29) is 0 Å². The van der Waals surface area contributed by atoms with Gasteiger partial charge in [-0.2, -0.15) is 0 Å². The van der Waals surface area contributed by atoms with E-state index in [1.165, 1.54) is 24.1 Å². The minimum atomic E-state index is 0.337. The van der Waals surface area contributed by atoms with Crippen LogP contribution < -0.4 is 10.5 Å². The van der Waals surface area contributed by atoms with Gasteiger partial charge in [-0.15, -0.1) is 0 Å². The van der Waals surface area contributed by atoms with Crippen molar-refractivity contribution in [3.8, 4) is 5.19 Å². The van der Waals surface area contributed by atoms with Crippen LogP contribution in [0.25, 0.3) is 0 Å². The Balaban J connectivity index is 2.18. The highest BCUT2D eigenvalue weighted by Crippen LogP contribution is 2.48. The van der Waals surface area contributed by atoms with E-state index in [4.69, 9.17) is 10.5 Å². The average Bonchev–Trinajstić information content (AvgIpc) is 2.59. The van der Waals surface area contributed by atoms with Crippen LogP contribution in [-0.4, -0.2) is 18.6 Å². The van der Waals surface area contributed by atoms with Crippen molar-refractivity contribution in [3.05, 3.63) is 11.1 Å². The second kappa shape index (κ2) is 3.87. The van der Waals surface area contributed by atoms with Gasteiger partial charge in [0.05, 0.1) is 7.11 Å². The molecule has 1 aromatic heterocycles. The van der Waals surface area contributed by atoms with E-state index in [1.54, 1.807) is 18.4 Å². The van der Waals surface area contributed by atoms with Crippen molar-refractivity contribution in [2.75, 3.05) is 13.7 Å². The Hall–Kier alpha value is -0.610. The Morgan fingerprint density at radius 2 is 2.43 bits per heavy atom. The fourth-order valence-corrected chi connectivity index (χ4v) is 3.10. The lowest BCUT2D eigenvalue weighted by atomic mass is 9.66. The van der Waals surface area contributed by atoms with E-state index in [2.05, 4.69) is 4.98 Å². The standard InChI is InChI=1S/C10H16N2OS/c1-13-9-12-7-8(14-9)10(5-6-11)3-2-4-10/h7H,2-6,11H2,1H3. The second-order valence-electron chi connectivity index (χ2n) is 3.87. The number of ether oxygens (including phenoxy) is 1. The average molecular weight is 212 g/mol. The van der Waals surface area contributed by atoms with E-state index >= 15 is 0 Å². The van der Waals surface area contributed by atoms with Crippen molar-refractivity contribution < 1.29 is 4.74 Å². The molecule has 0 saturated heterocycles. The van der Waals surface area contributed by atoms with Crippen LogP contribution in [0.2, 0.25) is 0 Å². The molecule has 1 aliphatic carbocycles. The first-order valence-corrected chi connectivity index (χ1v) is 5.83. The van der Waals surface area contributed by atoms with Crippen LogP contribution in [0, 0.1) is 0 Å². The number of methoxy groups -OCH3 is 1. The van der Waals surface area contributed by atoms with Gasteiger partial charge >= 0.3 is 0 Å². The van der Waals surface area contributed by atoms with Crippen molar-refractivity contribution in [1.29, 1.82) is 0 Å². The molecule has 0 unspecified atom stereocenters. The molecule has 14 heavy (non-hydrogen) atoms. The van der Waals surface area contributed by atoms with Gasteiger partial charge in [0.1, 0.15) is 0 Å². The largest absolute Gasteiger partial charge is 0.473 e. The summed E-state index contributed by atoms with van der Waals surface area (Å²) in [7, 11) is 1.67. The number of aromatic nitrogens is 1. The van der Waals surface area contributed by atoms with E-state index < -0.39 is 0 Å². The van der Waals surface area contributed by atoms with Crippen LogP contribution in [-0.2, 0) is 5.41 Å². The monoisotopic (exact) mass is 212 g/mol. The van der Waals surface area contributed by atoms with Gasteiger partial charge in [0.25, 0.3) is 5.19 Å². The second-order valence-corrected chi connectivity index (χ2v) is 4.86. The molecule has 0 aliphatic heterocycles. The molecule has 0 radical (unpaired) electrons. The summed E-state index contributed by atoms with van der Waals surface area (Å²) >= 11 is 1.67. The number of nitrogens with two attached hydrogens (primary N) is 1. The Bertz CT molecular complexity index is 307. The summed E-state index contributed by atoms with van der Waals surface area (Å²) in [6.07, 6.45) is 6.88. The quantitative estimate of drug-likeness (QED) is 0.829. The van der Waals surface area contributed by atoms with E-state index in [1.807, 2.05) is 6.20 Å². The first-order valence-electron chi connectivity index (χ1n) is 5.01. The zero-order chi connectivity index (χ0) is 10.0. The molecule has 4 heteroatoms. The SMILES string of the molecule is COc1ncc(C2(CCN)CCC2)s1. The lowest BCUT2D eigenvalue weighted by Crippen LogP contribution is -2.35. The fourth-order valence-electron chi connectivity index (χ4n) is 2.10. The van der Waals surface area contributed by atoms with Gasteiger partial charge in [0.2, 0.25) is 0 Å². The summed E-state index contributed by atoms with van der Waals surface area (Å²) in [5.74, 6) is 0. The Morgan fingerprint density at radius 1 is 1.64 bits per heavy atom. The lowest BCUT2D eigenvalue weighted by molar-refractivity contribution is 0.234. The number of hydrogen-bond acceptors (Lipinski definition) is 4. The molecule has 1 saturated carbocycles. The molecule has 0 spiro atoms. The molecule has 3 nitrogen and oxygen atoms in total.